The van der Waals surface area contributed by atoms with Gasteiger partial charge in [0, 0.05) is 6.07 Å². The summed E-state index contributed by atoms with van der Waals surface area (Å²) in [6.45, 7) is -0.459. The molecule has 3 atom stereocenters. The van der Waals surface area contributed by atoms with Crippen LogP contribution in [0, 0.1) is 11.6 Å². The summed E-state index contributed by atoms with van der Waals surface area (Å²) >= 11 is 0. The fourth-order valence-corrected chi connectivity index (χ4v) is 2.21. The fraction of sp³-hybridized carbons (Fsp3) is 0.333. The molecular formula is C15H16F2N2O5. The van der Waals surface area contributed by atoms with Crippen molar-refractivity contribution in [2.24, 2.45) is 0 Å². The summed E-state index contributed by atoms with van der Waals surface area (Å²) in [5.74, 6) is -2.58. The van der Waals surface area contributed by atoms with Crippen molar-refractivity contribution >= 4 is 17.7 Å². The monoisotopic (exact) mass is 342 g/mol. The summed E-state index contributed by atoms with van der Waals surface area (Å²) in [5, 5.41) is 22.6. The molecule has 7 nitrogen and oxygen atoms in total. The van der Waals surface area contributed by atoms with Crippen molar-refractivity contribution in [3.8, 4) is 0 Å². The molecule has 0 aliphatic carbocycles. The summed E-state index contributed by atoms with van der Waals surface area (Å²) < 4.78 is 31.9. The average Bonchev–Trinajstić information content (AvgIpc) is 2.51. The molecule has 1 aromatic rings. The molecule has 0 aromatic heterocycles. The van der Waals surface area contributed by atoms with Crippen LogP contribution in [0.2, 0.25) is 0 Å². The quantitative estimate of drug-likeness (QED) is 0.602. The highest BCUT2D eigenvalue weighted by Gasteiger charge is 2.29. The molecule has 0 fully saturated rings. The number of halogens is 2. The van der Waals surface area contributed by atoms with Crippen LogP contribution in [0.5, 0.6) is 0 Å². The number of carboxylic acids is 1. The van der Waals surface area contributed by atoms with E-state index in [9.17, 15) is 23.5 Å². The molecule has 9 heteroatoms. The third kappa shape index (κ3) is 4.74. The van der Waals surface area contributed by atoms with Crippen molar-refractivity contribution in [2.45, 2.75) is 24.7 Å². The molecule has 0 saturated heterocycles. The lowest BCUT2D eigenvalue weighted by Gasteiger charge is -2.31. The smallest absolute Gasteiger partial charge is 0.319 e. The van der Waals surface area contributed by atoms with Crippen molar-refractivity contribution in [3.63, 3.8) is 0 Å². The van der Waals surface area contributed by atoms with E-state index in [-0.39, 0.29) is 12.1 Å². The molecular weight excluding hydrogens is 326 g/mol. The van der Waals surface area contributed by atoms with Gasteiger partial charge in [0.2, 0.25) is 0 Å². The summed E-state index contributed by atoms with van der Waals surface area (Å²) in [7, 11) is 0. The number of nitrogens with one attached hydrogen (secondary N) is 2. The zero-order chi connectivity index (χ0) is 17.7. The molecule has 1 aliphatic rings. The number of amides is 2. The lowest BCUT2D eigenvalue weighted by molar-refractivity contribution is -0.141. The molecule has 130 valence electrons. The number of rotatable bonds is 5. The predicted octanol–water partition coefficient (Wildman–Crippen LogP) is 1.25. The number of aliphatic hydroxyl groups is 1. The molecule has 2 rings (SSSR count). The number of aliphatic hydroxyl groups excluding tert-OH is 1. The number of ether oxygens (including phenoxy) is 1. The van der Waals surface area contributed by atoms with Crippen LogP contribution >= 0.6 is 0 Å². The largest absolute Gasteiger partial charge is 0.481 e. The Morgan fingerprint density at radius 1 is 1.25 bits per heavy atom. The number of anilines is 1. The molecule has 0 saturated carbocycles. The van der Waals surface area contributed by atoms with Crippen LogP contribution in [0.4, 0.5) is 19.3 Å². The number of urea groups is 1. The molecule has 0 unspecified atom stereocenters. The van der Waals surface area contributed by atoms with Gasteiger partial charge in [-0.05, 0) is 12.1 Å². The van der Waals surface area contributed by atoms with E-state index in [4.69, 9.17) is 9.84 Å². The number of hydrogen-bond acceptors (Lipinski definition) is 4. The Morgan fingerprint density at radius 3 is 2.67 bits per heavy atom. The van der Waals surface area contributed by atoms with E-state index in [1.807, 2.05) is 0 Å². The van der Waals surface area contributed by atoms with E-state index in [1.165, 1.54) is 12.2 Å². The molecule has 24 heavy (non-hydrogen) atoms. The van der Waals surface area contributed by atoms with E-state index in [0.717, 1.165) is 18.2 Å². The Morgan fingerprint density at radius 2 is 2.00 bits per heavy atom. The number of carbonyl (C=O) groups is 2. The summed E-state index contributed by atoms with van der Waals surface area (Å²) in [4.78, 5) is 22.6. The average molecular weight is 342 g/mol. The van der Waals surface area contributed by atoms with Gasteiger partial charge >= 0.3 is 12.0 Å². The first-order valence-corrected chi connectivity index (χ1v) is 7.08. The van der Waals surface area contributed by atoms with E-state index < -0.39 is 48.5 Å². The van der Waals surface area contributed by atoms with Gasteiger partial charge < -0.3 is 25.6 Å². The lowest BCUT2D eigenvalue weighted by atomic mass is 10.1. The Hall–Kier alpha value is -2.52. The van der Waals surface area contributed by atoms with Gasteiger partial charge in [-0.3, -0.25) is 4.79 Å². The Kier molecular flexibility index (Phi) is 5.83. The highest BCUT2D eigenvalue weighted by molar-refractivity contribution is 5.89. The van der Waals surface area contributed by atoms with Crippen LogP contribution in [-0.2, 0) is 9.53 Å². The number of carbonyl (C=O) groups excluding carboxylic acids is 1. The maximum absolute atomic E-state index is 13.5. The van der Waals surface area contributed by atoms with Crippen LogP contribution in [-0.4, -0.2) is 47.1 Å². The van der Waals surface area contributed by atoms with Crippen molar-refractivity contribution < 1.29 is 33.3 Å². The van der Waals surface area contributed by atoms with E-state index in [1.54, 1.807) is 0 Å². The number of carboxylic acid groups (broad SMARTS) is 1. The molecule has 1 heterocycles. The van der Waals surface area contributed by atoms with Gasteiger partial charge in [-0.15, -0.1) is 0 Å². The number of hydrogen-bond donors (Lipinski definition) is 4. The first-order chi connectivity index (χ1) is 11.4. The van der Waals surface area contributed by atoms with Crippen LogP contribution in [0.15, 0.2) is 30.4 Å². The van der Waals surface area contributed by atoms with Crippen LogP contribution < -0.4 is 10.6 Å². The third-order valence-electron chi connectivity index (χ3n) is 3.31. The van der Waals surface area contributed by atoms with E-state index in [0.29, 0.717) is 0 Å². The Labute approximate surface area is 135 Å². The number of benzene rings is 1. The van der Waals surface area contributed by atoms with Crippen molar-refractivity contribution in [1.82, 2.24) is 5.32 Å². The van der Waals surface area contributed by atoms with E-state index in [2.05, 4.69) is 10.6 Å². The maximum Gasteiger partial charge on any atom is 0.319 e. The first kappa shape index (κ1) is 17.8. The predicted molar refractivity (Wildman–Crippen MR) is 79.4 cm³/mol. The topological polar surface area (TPSA) is 108 Å². The van der Waals surface area contributed by atoms with Gasteiger partial charge in [-0.2, -0.15) is 0 Å². The van der Waals surface area contributed by atoms with Gasteiger partial charge in [0.15, 0.2) is 0 Å². The fourth-order valence-electron chi connectivity index (χ4n) is 2.21. The second-order valence-electron chi connectivity index (χ2n) is 5.13. The Balaban J connectivity index is 2.00. The normalized spacial score (nSPS) is 22.9. The molecule has 0 bridgehead atoms. The zero-order valence-electron chi connectivity index (χ0n) is 12.4. The first-order valence-electron chi connectivity index (χ1n) is 7.08. The zero-order valence-corrected chi connectivity index (χ0v) is 12.4. The van der Waals surface area contributed by atoms with Gasteiger partial charge in [-0.1, -0.05) is 12.2 Å². The summed E-state index contributed by atoms with van der Waals surface area (Å²) in [6.07, 6.45) is 1.08. The van der Waals surface area contributed by atoms with Crippen molar-refractivity contribution in [2.75, 3.05) is 11.9 Å². The van der Waals surface area contributed by atoms with Gasteiger partial charge in [-0.25, -0.2) is 13.6 Å². The third-order valence-corrected chi connectivity index (χ3v) is 3.31. The minimum absolute atomic E-state index is 0.277. The minimum atomic E-state index is -1.06. The summed E-state index contributed by atoms with van der Waals surface area (Å²) in [5.41, 5.74) is -0.336. The SMILES string of the molecule is O=C(O)C[C@H]1C=C[C@H](NC(=O)Nc2cc(F)ccc2F)[C@H](CO)O1. The molecule has 4 N–H and O–H groups in total. The molecule has 0 spiro atoms. The summed E-state index contributed by atoms with van der Waals surface area (Å²) in [6, 6.07) is 1.04. The minimum Gasteiger partial charge on any atom is -0.481 e. The van der Waals surface area contributed by atoms with Crippen LogP contribution in [0.25, 0.3) is 0 Å². The van der Waals surface area contributed by atoms with Crippen LogP contribution in [0.1, 0.15) is 6.42 Å². The second-order valence-corrected chi connectivity index (χ2v) is 5.13. The molecule has 2 amide bonds. The van der Waals surface area contributed by atoms with Gasteiger partial charge in [0.25, 0.3) is 0 Å². The second kappa shape index (κ2) is 7.84. The number of aliphatic carboxylic acids is 1. The lowest BCUT2D eigenvalue weighted by Crippen LogP contribution is -2.50. The van der Waals surface area contributed by atoms with Crippen molar-refractivity contribution in [1.29, 1.82) is 0 Å². The molecule has 1 aromatic carbocycles. The van der Waals surface area contributed by atoms with Crippen LogP contribution in [0.3, 0.4) is 0 Å². The maximum atomic E-state index is 13.5. The highest BCUT2D eigenvalue weighted by atomic mass is 19.1. The molecule has 1 aliphatic heterocycles. The van der Waals surface area contributed by atoms with E-state index >= 15 is 0 Å². The molecule has 0 radical (unpaired) electrons. The standard InChI is InChI=1S/C15H16F2N2O5/c16-8-1-3-10(17)12(5-8)19-15(23)18-11-4-2-9(6-14(21)22)24-13(11)7-20/h1-5,9,11,13,20H,6-7H2,(H,21,22)(H2,18,19,23)/t9-,11+,13+/m1/s1. The van der Waals surface area contributed by atoms with Crippen molar-refractivity contribution in [3.05, 3.63) is 42.0 Å². The van der Waals surface area contributed by atoms with Gasteiger partial charge in [0.1, 0.15) is 17.7 Å². The van der Waals surface area contributed by atoms with Gasteiger partial charge in [0.05, 0.1) is 30.9 Å². The highest BCUT2D eigenvalue weighted by Crippen LogP contribution is 2.17. The Bertz CT molecular complexity index is 653.